The molecule has 148 valence electrons. The van der Waals surface area contributed by atoms with Gasteiger partial charge in [0.15, 0.2) is 11.4 Å². The third-order valence-electron chi connectivity index (χ3n) is 4.14. The number of hydrogen-bond acceptors (Lipinski definition) is 7. The van der Waals surface area contributed by atoms with Crippen LogP contribution in [0.3, 0.4) is 0 Å². The van der Waals surface area contributed by atoms with Gasteiger partial charge in [-0.25, -0.2) is 0 Å². The van der Waals surface area contributed by atoms with Crippen molar-refractivity contribution in [3.63, 3.8) is 0 Å². The van der Waals surface area contributed by atoms with Crippen LogP contribution in [0.4, 0.5) is 0 Å². The molecule has 7 nitrogen and oxygen atoms in total. The third kappa shape index (κ3) is 5.07. The highest BCUT2D eigenvalue weighted by Crippen LogP contribution is 2.39. The zero-order chi connectivity index (χ0) is 20.2. The second-order valence-corrected chi connectivity index (χ2v) is 7.61. The van der Waals surface area contributed by atoms with Crippen LogP contribution in [-0.2, 0) is 28.6 Å². The monoisotopic (exact) mass is 378 g/mol. The summed E-state index contributed by atoms with van der Waals surface area (Å²) in [5.41, 5.74) is -0.917. The van der Waals surface area contributed by atoms with Crippen LogP contribution in [-0.4, -0.2) is 41.6 Å². The molecule has 1 aliphatic carbocycles. The molecule has 2 rings (SSSR count). The fourth-order valence-electron chi connectivity index (χ4n) is 2.75. The molecule has 0 amide bonds. The van der Waals surface area contributed by atoms with Gasteiger partial charge in [0.1, 0.15) is 13.2 Å². The summed E-state index contributed by atoms with van der Waals surface area (Å²) in [6, 6.07) is 0. The first-order chi connectivity index (χ1) is 12.6. The standard InChI is InChI=1S/C20H26O7/c1-12(2)5-18(22)26-9-14-8-25-10-16-15(14)7-17(21)20(16,24)11-27-19(23)6-13(3)4/h7-8,10,12-13,24H,5-6,9,11H2,1-4H3/t20-/m0/s1. The van der Waals surface area contributed by atoms with Crippen LogP contribution in [0, 0.1) is 11.8 Å². The lowest BCUT2D eigenvalue weighted by Crippen LogP contribution is -2.42. The lowest BCUT2D eigenvalue weighted by atomic mass is 9.91. The molecule has 0 fully saturated rings. The van der Waals surface area contributed by atoms with Gasteiger partial charge in [0.05, 0.1) is 12.5 Å². The van der Waals surface area contributed by atoms with Gasteiger partial charge in [-0.15, -0.1) is 0 Å². The van der Waals surface area contributed by atoms with Crippen molar-refractivity contribution < 1.29 is 33.7 Å². The van der Waals surface area contributed by atoms with Crippen LogP contribution >= 0.6 is 0 Å². The molecule has 1 atom stereocenters. The van der Waals surface area contributed by atoms with Crippen LogP contribution < -0.4 is 0 Å². The van der Waals surface area contributed by atoms with Gasteiger partial charge in [-0.05, 0) is 23.5 Å². The van der Waals surface area contributed by atoms with Crippen molar-refractivity contribution in [1.82, 2.24) is 0 Å². The van der Waals surface area contributed by atoms with Gasteiger partial charge in [0.25, 0.3) is 0 Å². The van der Waals surface area contributed by atoms with Crippen LogP contribution in [0.25, 0.3) is 0 Å². The van der Waals surface area contributed by atoms with Crippen LogP contribution in [0.1, 0.15) is 40.5 Å². The average molecular weight is 378 g/mol. The van der Waals surface area contributed by atoms with Crippen molar-refractivity contribution in [3.05, 3.63) is 35.3 Å². The van der Waals surface area contributed by atoms with Gasteiger partial charge >= 0.3 is 11.9 Å². The highest BCUT2D eigenvalue weighted by atomic mass is 16.5. The van der Waals surface area contributed by atoms with Gasteiger partial charge in [-0.2, -0.15) is 0 Å². The normalized spacial score (nSPS) is 21.3. The molecule has 0 saturated heterocycles. The van der Waals surface area contributed by atoms with Crippen molar-refractivity contribution >= 4 is 17.7 Å². The first-order valence-corrected chi connectivity index (χ1v) is 8.99. The van der Waals surface area contributed by atoms with Crippen LogP contribution in [0.5, 0.6) is 0 Å². The number of hydrogen-bond donors (Lipinski definition) is 1. The molecule has 7 heteroatoms. The molecular weight excluding hydrogens is 352 g/mol. The number of carbonyl (C=O) groups excluding carboxylic acids is 3. The molecule has 0 unspecified atom stereocenters. The summed E-state index contributed by atoms with van der Waals surface area (Å²) in [7, 11) is 0. The van der Waals surface area contributed by atoms with E-state index < -0.39 is 24.0 Å². The summed E-state index contributed by atoms with van der Waals surface area (Å²) in [4.78, 5) is 35.9. The largest absolute Gasteiger partial charge is 0.472 e. The minimum Gasteiger partial charge on any atom is -0.472 e. The number of aliphatic hydroxyl groups is 1. The molecule has 27 heavy (non-hydrogen) atoms. The minimum atomic E-state index is -2.00. The van der Waals surface area contributed by atoms with Crippen molar-refractivity contribution in [1.29, 1.82) is 0 Å². The van der Waals surface area contributed by atoms with Gasteiger partial charge in [0.2, 0.25) is 0 Å². The van der Waals surface area contributed by atoms with E-state index in [1.165, 1.54) is 18.6 Å². The van der Waals surface area contributed by atoms with E-state index in [-0.39, 0.29) is 42.8 Å². The number of esters is 2. The van der Waals surface area contributed by atoms with Crippen molar-refractivity contribution in [2.75, 3.05) is 13.2 Å². The molecule has 0 aromatic rings. The predicted molar refractivity (Wildman–Crippen MR) is 96.1 cm³/mol. The summed E-state index contributed by atoms with van der Waals surface area (Å²) in [6.07, 6.45) is 4.34. The summed E-state index contributed by atoms with van der Waals surface area (Å²) >= 11 is 0. The molecule has 1 N–H and O–H groups in total. The molecule has 1 aliphatic heterocycles. The maximum absolute atomic E-state index is 12.4. The zero-order valence-corrected chi connectivity index (χ0v) is 16.1. The van der Waals surface area contributed by atoms with Gasteiger partial charge in [-0.3, -0.25) is 14.4 Å². The van der Waals surface area contributed by atoms with E-state index in [2.05, 4.69) is 0 Å². The number of rotatable bonds is 8. The lowest BCUT2D eigenvalue weighted by Gasteiger charge is -2.26. The Morgan fingerprint density at radius 1 is 1.07 bits per heavy atom. The second kappa shape index (κ2) is 8.52. The maximum atomic E-state index is 12.4. The molecule has 0 saturated carbocycles. The number of ether oxygens (including phenoxy) is 3. The SMILES string of the molecule is CC(C)CC(=O)OCC1=COC=C2C1=CC(=O)[C@]2(O)COC(=O)CC(C)C. The van der Waals surface area contributed by atoms with E-state index in [0.29, 0.717) is 11.1 Å². The van der Waals surface area contributed by atoms with Crippen LogP contribution in [0.15, 0.2) is 35.3 Å². The van der Waals surface area contributed by atoms with E-state index in [1.54, 1.807) is 0 Å². The Morgan fingerprint density at radius 2 is 1.67 bits per heavy atom. The van der Waals surface area contributed by atoms with Crippen molar-refractivity contribution in [2.24, 2.45) is 11.8 Å². The van der Waals surface area contributed by atoms with Crippen molar-refractivity contribution in [3.8, 4) is 0 Å². The molecular formula is C20H26O7. The van der Waals surface area contributed by atoms with Gasteiger partial charge in [-0.1, -0.05) is 27.7 Å². The topological polar surface area (TPSA) is 99.1 Å². The Morgan fingerprint density at radius 3 is 2.26 bits per heavy atom. The smallest absolute Gasteiger partial charge is 0.306 e. The third-order valence-corrected chi connectivity index (χ3v) is 4.14. The lowest BCUT2D eigenvalue weighted by molar-refractivity contribution is -0.153. The van der Waals surface area contributed by atoms with E-state index in [4.69, 9.17) is 14.2 Å². The quantitative estimate of drug-likeness (QED) is 0.646. The van der Waals surface area contributed by atoms with Crippen LogP contribution in [0.2, 0.25) is 0 Å². The molecule has 2 aliphatic rings. The predicted octanol–water partition coefficient (Wildman–Crippen LogP) is 2.20. The summed E-state index contributed by atoms with van der Waals surface area (Å²) in [5, 5.41) is 10.8. The molecule has 0 radical (unpaired) electrons. The van der Waals surface area contributed by atoms with E-state index in [9.17, 15) is 19.5 Å². The number of ketones is 1. The first kappa shape index (κ1) is 20.9. The Bertz CT molecular complexity index is 712. The minimum absolute atomic E-state index is 0.0782. The average Bonchev–Trinajstić information content (AvgIpc) is 2.82. The second-order valence-electron chi connectivity index (χ2n) is 7.61. The highest BCUT2D eigenvalue weighted by molar-refractivity contribution is 6.07. The van der Waals surface area contributed by atoms with E-state index in [1.807, 2.05) is 27.7 Å². The Kier molecular flexibility index (Phi) is 6.59. The van der Waals surface area contributed by atoms with E-state index in [0.717, 1.165) is 0 Å². The van der Waals surface area contributed by atoms with Gasteiger partial charge in [0, 0.05) is 24.0 Å². The number of carbonyl (C=O) groups is 3. The summed E-state index contributed by atoms with van der Waals surface area (Å²) in [5.74, 6) is -1.18. The zero-order valence-electron chi connectivity index (χ0n) is 16.1. The summed E-state index contributed by atoms with van der Waals surface area (Å²) < 4.78 is 15.5. The number of fused-ring (bicyclic) bond motifs is 1. The molecule has 0 bridgehead atoms. The van der Waals surface area contributed by atoms with Crippen molar-refractivity contribution in [2.45, 2.75) is 46.1 Å². The molecule has 0 aromatic carbocycles. The summed E-state index contributed by atoms with van der Waals surface area (Å²) in [6.45, 7) is 6.98. The van der Waals surface area contributed by atoms with E-state index >= 15 is 0 Å². The Labute approximate surface area is 158 Å². The molecule has 1 heterocycles. The highest BCUT2D eigenvalue weighted by Gasteiger charge is 2.48. The van der Waals surface area contributed by atoms with Gasteiger partial charge < -0.3 is 19.3 Å². The fraction of sp³-hybridized carbons (Fsp3) is 0.550. The first-order valence-electron chi connectivity index (χ1n) is 8.99. The Balaban J connectivity index is 2.03. The molecule has 0 spiro atoms. The fourth-order valence-corrected chi connectivity index (χ4v) is 2.75. The Hall–Kier alpha value is -2.41. The maximum Gasteiger partial charge on any atom is 0.306 e. The molecule has 0 aromatic heterocycles.